The summed E-state index contributed by atoms with van der Waals surface area (Å²) in [7, 11) is 3.32. The number of nitrogens with zero attached hydrogens (tertiary/aromatic N) is 3. The van der Waals surface area contributed by atoms with Crippen LogP contribution in [0.25, 0.3) is 11.3 Å². The molecule has 10 nitrogen and oxygen atoms in total. The van der Waals surface area contributed by atoms with Gasteiger partial charge in [-0.15, -0.1) is 5.10 Å². The molecule has 2 aromatic carbocycles. The summed E-state index contributed by atoms with van der Waals surface area (Å²) >= 11 is 0. The molecule has 1 amide bonds. The van der Waals surface area contributed by atoms with Gasteiger partial charge in [-0.3, -0.25) is 9.48 Å². The summed E-state index contributed by atoms with van der Waals surface area (Å²) in [5, 5.41) is 23.1. The van der Waals surface area contributed by atoms with Gasteiger partial charge in [-0.05, 0) is 54.7 Å². The Bertz CT molecular complexity index is 1380. The quantitative estimate of drug-likeness (QED) is 0.122. The van der Waals surface area contributed by atoms with Crippen molar-refractivity contribution in [2.45, 2.75) is 85.9 Å². The van der Waals surface area contributed by atoms with Crippen molar-refractivity contribution < 1.29 is 24.1 Å². The van der Waals surface area contributed by atoms with Gasteiger partial charge in [0.1, 0.15) is 5.69 Å². The average molecular weight is 666 g/mol. The zero-order valence-electron chi connectivity index (χ0n) is 30.3. The number of carbonyl (C=O) groups excluding carboxylic acids is 1. The maximum Gasteiger partial charge on any atom is 0.223 e. The second-order valence-electron chi connectivity index (χ2n) is 14.5. The predicted octanol–water partition coefficient (Wildman–Crippen LogP) is 5.77. The lowest BCUT2D eigenvalue weighted by atomic mass is 9.80. The number of carbonyl (C=O) groups is 1. The van der Waals surface area contributed by atoms with Gasteiger partial charge in [0.2, 0.25) is 5.91 Å². The van der Waals surface area contributed by atoms with Gasteiger partial charge in [0.05, 0.1) is 26.0 Å². The topological polar surface area (TPSA) is 134 Å². The van der Waals surface area contributed by atoms with Crippen molar-refractivity contribution >= 4 is 5.91 Å². The number of aromatic nitrogens is 3. The van der Waals surface area contributed by atoms with Crippen LogP contribution < -0.4 is 20.5 Å². The maximum atomic E-state index is 13.5. The molecule has 0 spiro atoms. The first kappa shape index (κ1) is 39.0. The van der Waals surface area contributed by atoms with Gasteiger partial charge >= 0.3 is 0 Å². The molecule has 3 aromatic rings. The third-order valence-corrected chi connectivity index (χ3v) is 9.06. The summed E-state index contributed by atoms with van der Waals surface area (Å²) in [5.74, 6) is 1.60. The second-order valence-corrected chi connectivity index (χ2v) is 14.5. The molecule has 0 aliphatic heterocycles. The molecule has 0 radical (unpaired) electrons. The van der Waals surface area contributed by atoms with Crippen molar-refractivity contribution in [1.29, 1.82) is 0 Å². The number of ether oxygens (including phenoxy) is 3. The molecule has 10 heteroatoms. The number of benzene rings is 2. The molecule has 0 bridgehead atoms. The van der Waals surface area contributed by atoms with Crippen LogP contribution in [0, 0.1) is 29.1 Å². The molecule has 1 aromatic heterocycles. The normalized spacial score (nSPS) is 14.5. The van der Waals surface area contributed by atoms with E-state index in [4.69, 9.17) is 19.9 Å². The Morgan fingerprint density at radius 1 is 1.00 bits per heavy atom. The summed E-state index contributed by atoms with van der Waals surface area (Å²) in [6, 6.07) is 15.5. The Hall–Kier alpha value is -3.47. The first-order chi connectivity index (χ1) is 22.8. The lowest BCUT2D eigenvalue weighted by molar-refractivity contribution is -0.128. The highest BCUT2D eigenvalue weighted by molar-refractivity contribution is 5.79. The monoisotopic (exact) mass is 665 g/mol. The number of aliphatic hydroxyl groups is 1. The number of rotatable bonds is 21. The van der Waals surface area contributed by atoms with Crippen molar-refractivity contribution in [3.05, 3.63) is 60.3 Å². The van der Waals surface area contributed by atoms with Crippen LogP contribution >= 0.6 is 0 Å². The highest BCUT2D eigenvalue weighted by atomic mass is 16.5. The molecule has 0 aliphatic rings. The van der Waals surface area contributed by atoms with E-state index in [0.717, 1.165) is 29.7 Å². The molecule has 3 rings (SSSR count). The van der Waals surface area contributed by atoms with Crippen molar-refractivity contribution in [2.75, 3.05) is 34.0 Å². The fraction of sp³-hybridized carbons (Fsp3) is 0.605. The minimum atomic E-state index is -0.806. The van der Waals surface area contributed by atoms with Crippen molar-refractivity contribution in [2.24, 2.45) is 34.8 Å². The molecule has 0 fully saturated rings. The zero-order chi connectivity index (χ0) is 35.3. The van der Waals surface area contributed by atoms with E-state index < -0.39 is 12.1 Å². The van der Waals surface area contributed by atoms with E-state index in [1.54, 1.807) is 14.2 Å². The molecule has 0 saturated heterocycles. The maximum absolute atomic E-state index is 13.5. The van der Waals surface area contributed by atoms with Crippen LogP contribution in [0.1, 0.15) is 66.4 Å². The van der Waals surface area contributed by atoms with Crippen LogP contribution in [-0.2, 0) is 22.5 Å². The summed E-state index contributed by atoms with van der Waals surface area (Å²) in [4.78, 5) is 13.5. The predicted molar refractivity (Wildman–Crippen MR) is 191 cm³/mol. The molecule has 0 saturated carbocycles. The van der Waals surface area contributed by atoms with Gasteiger partial charge in [0, 0.05) is 56.2 Å². The average Bonchev–Trinajstić information content (AvgIpc) is 3.52. The van der Waals surface area contributed by atoms with Crippen LogP contribution in [0.2, 0.25) is 0 Å². The van der Waals surface area contributed by atoms with Crippen LogP contribution in [0.3, 0.4) is 0 Å². The molecular weight excluding hydrogens is 606 g/mol. The Morgan fingerprint density at radius 2 is 1.73 bits per heavy atom. The van der Waals surface area contributed by atoms with Crippen molar-refractivity contribution in [3.63, 3.8) is 0 Å². The second kappa shape index (κ2) is 18.9. The van der Waals surface area contributed by atoms with E-state index in [1.165, 1.54) is 0 Å². The van der Waals surface area contributed by atoms with E-state index >= 15 is 0 Å². The highest BCUT2D eigenvalue weighted by Gasteiger charge is 2.31. The number of hydrogen-bond acceptors (Lipinski definition) is 8. The van der Waals surface area contributed by atoms with Crippen LogP contribution in [0.15, 0.2) is 54.7 Å². The number of hydrogen-bond donors (Lipinski definition) is 3. The van der Waals surface area contributed by atoms with E-state index in [9.17, 15) is 9.90 Å². The largest absolute Gasteiger partial charge is 0.493 e. The van der Waals surface area contributed by atoms with Gasteiger partial charge in [0.15, 0.2) is 11.5 Å². The Morgan fingerprint density at radius 3 is 2.38 bits per heavy atom. The molecule has 266 valence electrons. The van der Waals surface area contributed by atoms with E-state index in [0.29, 0.717) is 56.6 Å². The molecular formula is C38H59N5O5. The summed E-state index contributed by atoms with van der Waals surface area (Å²) < 4.78 is 18.5. The van der Waals surface area contributed by atoms with Crippen molar-refractivity contribution in [3.8, 4) is 22.8 Å². The third kappa shape index (κ3) is 12.2. The van der Waals surface area contributed by atoms with Crippen LogP contribution in [-0.4, -0.2) is 72.1 Å². The molecule has 1 heterocycles. The Kier molecular flexibility index (Phi) is 15.4. The number of methoxy groups -OCH3 is 2. The fourth-order valence-electron chi connectivity index (χ4n) is 5.93. The Balaban J connectivity index is 1.56. The standard InChI is InChI=1S/C38H59N5O5/c1-26(2)30(19-28-15-16-35(47-8)36(20-28)48-18-12-17-46-7)21-32(39)34(44)22-31(27(3)4)37(45)40-24-38(5,6)25-43-23-33(41-42-43)29-13-10-9-11-14-29/h9-11,13-16,20,23,26-27,30-32,34,44H,12,17-19,21-22,24-25,39H2,1-8H3,(H,40,45)/t30-,31-,32-,34-/m0/s1. The molecule has 48 heavy (non-hydrogen) atoms. The number of aliphatic hydroxyl groups excluding tert-OH is 1. The van der Waals surface area contributed by atoms with Crippen LogP contribution in [0.4, 0.5) is 0 Å². The molecule has 0 unspecified atom stereocenters. The summed E-state index contributed by atoms with van der Waals surface area (Å²) in [6.07, 6.45) is 3.65. The lowest BCUT2D eigenvalue weighted by Crippen LogP contribution is -2.44. The fourth-order valence-corrected chi connectivity index (χ4v) is 5.93. The third-order valence-electron chi connectivity index (χ3n) is 9.06. The van der Waals surface area contributed by atoms with Gasteiger partial charge in [-0.2, -0.15) is 0 Å². The van der Waals surface area contributed by atoms with Gasteiger partial charge in [-0.25, -0.2) is 0 Å². The number of nitrogens with two attached hydrogens (primary N) is 1. The number of amides is 1. The van der Waals surface area contributed by atoms with E-state index in [-0.39, 0.29) is 29.1 Å². The summed E-state index contributed by atoms with van der Waals surface area (Å²) in [6.45, 7) is 14.8. The summed E-state index contributed by atoms with van der Waals surface area (Å²) in [5.41, 5.74) is 9.34. The lowest BCUT2D eigenvalue weighted by Gasteiger charge is -2.31. The molecule has 4 N–H and O–H groups in total. The Labute approximate surface area is 287 Å². The SMILES string of the molecule is COCCCOc1cc(C[C@@H](C[C@H](N)[C@@H](O)C[C@H](C(=O)NCC(C)(C)Cn2cc(-c3ccccc3)nn2)C(C)C)C(C)C)ccc1OC. The smallest absolute Gasteiger partial charge is 0.223 e. The zero-order valence-corrected chi connectivity index (χ0v) is 30.3. The van der Waals surface area contributed by atoms with E-state index in [1.807, 2.05) is 67.2 Å². The van der Waals surface area contributed by atoms with Gasteiger partial charge < -0.3 is 30.4 Å². The van der Waals surface area contributed by atoms with Crippen LogP contribution in [0.5, 0.6) is 11.5 Å². The molecule has 4 atom stereocenters. The first-order valence-corrected chi connectivity index (χ1v) is 17.3. The highest BCUT2D eigenvalue weighted by Crippen LogP contribution is 2.32. The first-order valence-electron chi connectivity index (χ1n) is 17.3. The van der Waals surface area contributed by atoms with Gasteiger partial charge in [0.25, 0.3) is 0 Å². The molecule has 0 aliphatic carbocycles. The van der Waals surface area contributed by atoms with Gasteiger partial charge in [-0.1, -0.05) is 83.2 Å². The van der Waals surface area contributed by atoms with Crippen molar-refractivity contribution in [1.82, 2.24) is 20.3 Å². The van der Waals surface area contributed by atoms with E-state index in [2.05, 4.69) is 49.4 Å². The number of nitrogens with one attached hydrogen (secondary N) is 1. The minimum Gasteiger partial charge on any atom is -0.493 e. The minimum absolute atomic E-state index is 0.0428.